The van der Waals surface area contributed by atoms with E-state index in [4.69, 9.17) is 4.74 Å². The molecule has 0 heterocycles. The lowest BCUT2D eigenvalue weighted by molar-refractivity contribution is 0.0636. The second-order valence-electron chi connectivity index (χ2n) is 6.88. The van der Waals surface area contributed by atoms with Crippen LogP contribution in [0.4, 0.5) is 10.5 Å². The minimum absolute atomic E-state index is 0.427. The smallest absolute Gasteiger partial charge is 0.412 e. The Bertz CT molecular complexity index is 463. The molecule has 0 saturated carbocycles. The number of benzene rings is 1. The largest absolute Gasteiger partial charge is 0.444 e. The van der Waals surface area contributed by atoms with E-state index in [2.05, 4.69) is 31.4 Å². The number of amides is 1. The second-order valence-corrected chi connectivity index (χ2v) is 6.88. The van der Waals surface area contributed by atoms with Crippen molar-refractivity contribution >= 4 is 11.8 Å². The highest BCUT2D eigenvalue weighted by Gasteiger charge is 2.16. The number of carbonyl (C=O) groups excluding carboxylic acids is 1. The second kappa shape index (κ2) is 8.18. The van der Waals surface area contributed by atoms with Gasteiger partial charge in [-0.25, -0.2) is 4.79 Å². The lowest BCUT2D eigenvalue weighted by atomic mass is 10.0. The number of nitrogens with one attached hydrogen (secondary N) is 2. The molecule has 0 aromatic heterocycles. The Morgan fingerprint density at radius 2 is 1.77 bits per heavy atom. The van der Waals surface area contributed by atoms with Crippen LogP contribution in [0.1, 0.15) is 53.5 Å². The highest BCUT2D eigenvalue weighted by atomic mass is 16.6. The van der Waals surface area contributed by atoms with E-state index < -0.39 is 11.7 Å². The van der Waals surface area contributed by atoms with Gasteiger partial charge < -0.3 is 10.1 Å². The molecule has 22 heavy (non-hydrogen) atoms. The summed E-state index contributed by atoms with van der Waals surface area (Å²) in [5.41, 5.74) is 1.46. The van der Waals surface area contributed by atoms with Crippen LogP contribution in [0.15, 0.2) is 24.3 Å². The zero-order valence-corrected chi connectivity index (χ0v) is 14.7. The summed E-state index contributed by atoms with van der Waals surface area (Å²) in [7, 11) is 0. The number of hydrogen-bond donors (Lipinski definition) is 2. The molecule has 4 heteroatoms. The molecule has 0 bridgehead atoms. The molecule has 0 spiro atoms. The third-order valence-corrected chi connectivity index (χ3v) is 3.72. The van der Waals surface area contributed by atoms with Crippen molar-refractivity contribution in [2.75, 3.05) is 5.32 Å². The molecule has 0 aliphatic heterocycles. The SMILES string of the molecule is CCC(C)C(C)NCc1ccc(NC(=O)OC(C)(C)C)cc1. The monoisotopic (exact) mass is 306 g/mol. The van der Waals surface area contributed by atoms with Crippen molar-refractivity contribution in [1.29, 1.82) is 0 Å². The first kappa shape index (κ1) is 18.5. The first-order valence-electron chi connectivity index (χ1n) is 8.03. The number of anilines is 1. The van der Waals surface area contributed by atoms with Gasteiger partial charge in [0, 0.05) is 18.3 Å². The molecular formula is C18H30N2O2. The maximum Gasteiger partial charge on any atom is 0.412 e. The van der Waals surface area contributed by atoms with Gasteiger partial charge in [-0.15, -0.1) is 0 Å². The minimum Gasteiger partial charge on any atom is -0.444 e. The molecule has 1 rings (SSSR count). The fourth-order valence-corrected chi connectivity index (χ4v) is 1.96. The summed E-state index contributed by atoms with van der Waals surface area (Å²) in [5, 5.41) is 6.27. The van der Waals surface area contributed by atoms with E-state index in [0.717, 1.165) is 12.2 Å². The zero-order valence-electron chi connectivity index (χ0n) is 14.7. The van der Waals surface area contributed by atoms with E-state index in [1.165, 1.54) is 12.0 Å². The molecule has 2 unspecified atom stereocenters. The molecule has 0 aliphatic rings. The normalized spacial score (nSPS) is 14.3. The summed E-state index contributed by atoms with van der Waals surface area (Å²) < 4.78 is 5.23. The van der Waals surface area contributed by atoms with Crippen molar-refractivity contribution in [2.24, 2.45) is 5.92 Å². The van der Waals surface area contributed by atoms with Crippen LogP contribution in [0, 0.1) is 5.92 Å². The highest BCUT2D eigenvalue weighted by Crippen LogP contribution is 2.14. The Morgan fingerprint density at radius 3 is 2.27 bits per heavy atom. The van der Waals surface area contributed by atoms with E-state index in [-0.39, 0.29) is 0 Å². The number of rotatable bonds is 6. The van der Waals surface area contributed by atoms with Crippen LogP contribution in [0.5, 0.6) is 0 Å². The van der Waals surface area contributed by atoms with Crippen LogP contribution in [-0.2, 0) is 11.3 Å². The molecule has 2 N–H and O–H groups in total. The Hall–Kier alpha value is -1.55. The van der Waals surface area contributed by atoms with Crippen LogP contribution in [0.2, 0.25) is 0 Å². The predicted octanol–water partition coefficient (Wildman–Crippen LogP) is 4.56. The van der Waals surface area contributed by atoms with Crippen LogP contribution >= 0.6 is 0 Å². The van der Waals surface area contributed by atoms with Gasteiger partial charge in [-0.05, 0) is 51.3 Å². The van der Waals surface area contributed by atoms with Crippen molar-refractivity contribution < 1.29 is 9.53 Å². The van der Waals surface area contributed by atoms with Crippen molar-refractivity contribution in [1.82, 2.24) is 5.32 Å². The summed E-state index contributed by atoms with van der Waals surface area (Å²) in [6, 6.07) is 8.32. The predicted molar refractivity (Wildman–Crippen MR) is 92.1 cm³/mol. The van der Waals surface area contributed by atoms with Crippen molar-refractivity contribution in [3.63, 3.8) is 0 Å². The van der Waals surface area contributed by atoms with Gasteiger partial charge in [0.15, 0.2) is 0 Å². The van der Waals surface area contributed by atoms with Crippen molar-refractivity contribution in [3.05, 3.63) is 29.8 Å². The molecule has 0 aliphatic carbocycles. The Balaban J connectivity index is 2.48. The molecule has 2 atom stereocenters. The first-order valence-corrected chi connectivity index (χ1v) is 8.03. The number of carbonyl (C=O) groups is 1. The maximum atomic E-state index is 11.7. The van der Waals surface area contributed by atoms with Gasteiger partial charge in [0.05, 0.1) is 0 Å². The fraction of sp³-hybridized carbons (Fsp3) is 0.611. The van der Waals surface area contributed by atoms with E-state index in [0.29, 0.717) is 12.0 Å². The highest BCUT2D eigenvalue weighted by molar-refractivity contribution is 5.84. The van der Waals surface area contributed by atoms with Gasteiger partial charge in [0.25, 0.3) is 0 Å². The summed E-state index contributed by atoms with van der Waals surface area (Å²) in [4.78, 5) is 11.7. The molecule has 124 valence electrons. The standard InChI is InChI=1S/C18H30N2O2/c1-7-13(2)14(3)19-12-15-8-10-16(11-9-15)20-17(21)22-18(4,5)6/h8-11,13-14,19H,7,12H2,1-6H3,(H,20,21). The van der Waals surface area contributed by atoms with E-state index >= 15 is 0 Å². The van der Waals surface area contributed by atoms with Gasteiger partial charge in [0.1, 0.15) is 5.60 Å². The Morgan fingerprint density at radius 1 is 1.18 bits per heavy atom. The summed E-state index contributed by atoms with van der Waals surface area (Å²) >= 11 is 0. The van der Waals surface area contributed by atoms with Crippen LogP contribution in [-0.4, -0.2) is 17.7 Å². The minimum atomic E-state index is -0.486. The molecule has 1 aromatic rings. The number of ether oxygens (including phenoxy) is 1. The molecule has 0 radical (unpaired) electrons. The molecule has 1 amide bonds. The van der Waals surface area contributed by atoms with Crippen LogP contribution in [0.3, 0.4) is 0 Å². The Labute approximate surface area is 134 Å². The van der Waals surface area contributed by atoms with E-state index in [1.54, 1.807) is 0 Å². The fourth-order valence-electron chi connectivity index (χ4n) is 1.96. The van der Waals surface area contributed by atoms with Gasteiger partial charge >= 0.3 is 6.09 Å². The lowest BCUT2D eigenvalue weighted by Gasteiger charge is -2.20. The van der Waals surface area contributed by atoms with Crippen molar-refractivity contribution in [3.8, 4) is 0 Å². The number of hydrogen-bond acceptors (Lipinski definition) is 3. The summed E-state index contributed by atoms with van der Waals surface area (Å²) in [6.45, 7) is 13.1. The molecule has 4 nitrogen and oxygen atoms in total. The van der Waals surface area contributed by atoms with Crippen LogP contribution in [0.25, 0.3) is 0 Å². The quantitative estimate of drug-likeness (QED) is 0.810. The molecule has 0 fully saturated rings. The average Bonchev–Trinajstić information content (AvgIpc) is 2.43. The van der Waals surface area contributed by atoms with E-state index in [1.807, 2.05) is 45.0 Å². The average molecular weight is 306 g/mol. The van der Waals surface area contributed by atoms with Gasteiger partial charge in [0.2, 0.25) is 0 Å². The van der Waals surface area contributed by atoms with Gasteiger partial charge in [-0.3, -0.25) is 5.32 Å². The third kappa shape index (κ3) is 6.94. The summed E-state index contributed by atoms with van der Waals surface area (Å²) in [5.74, 6) is 0.660. The first-order chi connectivity index (χ1) is 10.2. The summed E-state index contributed by atoms with van der Waals surface area (Å²) in [6.07, 6.45) is 0.746. The van der Waals surface area contributed by atoms with Gasteiger partial charge in [-0.1, -0.05) is 32.4 Å². The zero-order chi connectivity index (χ0) is 16.8. The molecular weight excluding hydrogens is 276 g/mol. The third-order valence-electron chi connectivity index (χ3n) is 3.72. The topological polar surface area (TPSA) is 50.4 Å². The van der Waals surface area contributed by atoms with Crippen molar-refractivity contribution in [2.45, 2.75) is 66.2 Å². The van der Waals surface area contributed by atoms with Crippen LogP contribution < -0.4 is 10.6 Å². The Kier molecular flexibility index (Phi) is 6.88. The lowest BCUT2D eigenvalue weighted by Crippen LogP contribution is -2.31. The van der Waals surface area contributed by atoms with E-state index in [9.17, 15) is 4.79 Å². The molecule has 0 saturated heterocycles. The molecule has 1 aromatic carbocycles. The van der Waals surface area contributed by atoms with Gasteiger partial charge in [-0.2, -0.15) is 0 Å². The maximum absolute atomic E-state index is 11.7.